The highest BCUT2D eigenvalue weighted by Gasteiger charge is 2.36. The second-order valence-electron chi connectivity index (χ2n) is 6.02. The van der Waals surface area contributed by atoms with E-state index >= 15 is 0 Å². The summed E-state index contributed by atoms with van der Waals surface area (Å²) in [6.45, 7) is 3.83. The monoisotopic (exact) mass is 265 g/mol. The molecule has 0 spiro atoms. The van der Waals surface area contributed by atoms with Crippen LogP contribution in [0.5, 0.6) is 0 Å². The van der Waals surface area contributed by atoms with E-state index in [9.17, 15) is 15.2 Å². The summed E-state index contributed by atoms with van der Waals surface area (Å²) in [7, 11) is 0. The molecule has 1 aliphatic heterocycles. The number of likely N-dealkylation sites (tertiary alicyclic amines) is 1. The molecule has 1 aliphatic carbocycles. The van der Waals surface area contributed by atoms with E-state index in [2.05, 4.69) is 16.3 Å². The molecule has 5 heteroatoms. The van der Waals surface area contributed by atoms with Crippen molar-refractivity contribution in [2.24, 2.45) is 5.92 Å². The van der Waals surface area contributed by atoms with Gasteiger partial charge in [0.2, 0.25) is 5.91 Å². The van der Waals surface area contributed by atoms with Crippen molar-refractivity contribution in [1.29, 1.82) is 5.26 Å². The van der Waals surface area contributed by atoms with E-state index in [-0.39, 0.29) is 17.9 Å². The number of nitrogens with zero attached hydrogens (tertiary/aromatic N) is 2. The molecule has 2 rings (SSSR count). The van der Waals surface area contributed by atoms with Gasteiger partial charge in [-0.15, -0.1) is 0 Å². The molecule has 1 saturated heterocycles. The lowest BCUT2D eigenvalue weighted by Crippen LogP contribution is -2.51. The molecule has 1 saturated carbocycles. The Kier molecular flexibility index (Phi) is 4.43. The summed E-state index contributed by atoms with van der Waals surface area (Å²) in [6.07, 6.45) is 4.04. The van der Waals surface area contributed by atoms with E-state index in [1.165, 1.54) is 0 Å². The number of piperidine rings is 1. The minimum absolute atomic E-state index is 0.0629. The predicted molar refractivity (Wildman–Crippen MR) is 71.2 cm³/mol. The molecule has 2 fully saturated rings. The first kappa shape index (κ1) is 14.3. The molecule has 2 unspecified atom stereocenters. The molecule has 0 bridgehead atoms. The van der Waals surface area contributed by atoms with Crippen molar-refractivity contribution in [3.63, 3.8) is 0 Å². The van der Waals surface area contributed by atoms with Crippen molar-refractivity contribution in [3.05, 3.63) is 0 Å². The average molecular weight is 265 g/mol. The van der Waals surface area contributed by atoms with Crippen LogP contribution in [-0.4, -0.2) is 47.2 Å². The Bertz CT molecular complexity index is 371. The molecule has 1 heterocycles. The van der Waals surface area contributed by atoms with Crippen LogP contribution < -0.4 is 5.32 Å². The number of aliphatic hydroxyl groups excluding tert-OH is 1. The summed E-state index contributed by atoms with van der Waals surface area (Å²) in [4.78, 5) is 14.1. The van der Waals surface area contributed by atoms with Gasteiger partial charge in [0.15, 0.2) is 0 Å². The SMILES string of the molecule is CC1CN(CC(=O)NC2(C#N)CCCC2)CCC1O. The predicted octanol–water partition coefficient (Wildman–Crippen LogP) is 0.642. The first-order valence-electron chi connectivity index (χ1n) is 7.17. The van der Waals surface area contributed by atoms with Gasteiger partial charge in [-0.2, -0.15) is 5.26 Å². The molecular weight excluding hydrogens is 242 g/mol. The third kappa shape index (κ3) is 3.46. The van der Waals surface area contributed by atoms with Gasteiger partial charge in [0, 0.05) is 13.1 Å². The summed E-state index contributed by atoms with van der Waals surface area (Å²) in [6, 6.07) is 2.27. The molecule has 0 radical (unpaired) electrons. The van der Waals surface area contributed by atoms with Crippen LogP contribution in [0.2, 0.25) is 0 Å². The Labute approximate surface area is 114 Å². The lowest BCUT2D eigenvalue weighted by atomic mass is 9.96. The van der Waals surface area contributed by atoms with Crippen molar-refractivity contribution >= 4 is 5.91 Å². The van der Waals surface area contributed by atoms with E-state index in [4.69, 9.17) is 0 Å². The molecule has 0 aromatic heterocycles. The number of aliphatic hydroxyl groups is 1. The van der Waals surface area contributed by atoms with Gasteiger partial charge < -0.3 is 10.4 Å². The number of amides is 1. The van der Waals surface area contributed by atoms with Gasteiger partial charge >= 0.3 is 0 Å². The fourth-order valence-electron chi connectivity index (χ4n) is 3.12. The fourth-order valence-corrected chi connectivity index (χ4v) is 3.12. The third-order valence-electron chi connectivity index (χ3n) is 4.36. The minimum atomic E-state index is -0.627. The van der Waals surface area contributed by atoms with Gasteiger partial charge in [0.05, 0.1) is 18.7 Å². The zero-order chi connectivity index (χ0) is 13.9. The zero-order valence-electron chi connectivity index (χ0n) is 11.6. The van der Waals surface area contributed by atoms with Gasteiger partial charge in [-0.25, -0.2) is 0 Å². The standard InChI is InChI=1S/C14H23N3O2/c1-11-8-17(7-4-12(11)18)9-13(19)16-14(10-15)5-2-3-6-14/h11-12,18H,2-9H2,1H3,(H,16,19). The van der Waals surface area contributed by atoms with Crippen LogP contribution in [0.1, 0.15) is 39.0 Å². The molecular formula is C14H23N3O2. The first-order chi connectivity index (χ1) is 9.04. The van der Waals surface area contributed by atoms with Crippen LogP contribution in [0.25, 0.3) is 0 Å². The highest BCUT2D eigenvalue weighted by atomic mass is 16.3. The van der Waals surface area contributed by atoms with Crippen molar-refractivity contribution in [1.82, 2.24) is 10.2 Å². The summed E-state index contributed by atoms with van der Waals surface area (Å²) >= 11 is 0. The number of carbonyl (C=O) groups is 1. The Morgan fingerprint density at radius 1 is 1.53 bits per heavy atom. The molecule has 0 aromatic rings. The largest absolute Gasteiger partial charge is 0.393 e. The molecule has 0 aromatic carbocycles. The van der Waals surface area contributed by atoms with Gasteiger partial charge in [-0.1, -0.05) is 6.92 Å². The molecule has 19 heavy (non-hydrogen) atoms. The fraction of sp³-hybridized carbons (Fsp3) is 0.857. The van der Waals surface area contributed by atoms with Crippen molar-refractivity contribution in [2.75, 3.05) is 19.6 Å². The second kappa shape index (κ2) is 5.89. The molecule has 5 nitrogen and oxygen atoms in total. The molecule has 2 atom stereocenters. The maximum absolute atomic E-state index is 12.1. The van der Waals surface area contributed by atoms with Gasteiger partial charge in [0.25, 0.3) is 0 Å². The Morgan fingerprint density at radius 2 is 2.21 bits per heavy atom. The smallest absolute Gasteiger partial charge is 0.235 e. The maximum Gasteiger partial charge on any atom is 0.235 e. The highest BCUT2D eigenvalue weighted by Crippen LogP contribution is 2.28. The Hall–Kier alpha value is -1.12. The normalized spacial score (nSPS) is 30.8. The zero-order valence-corrected chi connectivity index (χ0v) is 11.6. The maximum atomic E-state index is 12.1. The number of nitrogens with one attached hydrogen (secondary N) is 1. The minimum Gasteiger partial charge on any atom is -0.393 e. The Morgan fingerprint density at radius 3 is 2.79 bits per heavy atom. The average Bonchev–Trinajstić information content (AvgIpc) is 2.83. The first-order valence-corrected chi connectivity index (χ1v) is 7.17. The molecule has 2 N–H and O–H groups in total. The summed E-state index contributed by atoms with van der Waals surface area (Å²) in [5.74, 6) is 0.144. The highest BCUT2D eigenvalue weighted by molar-refractivity contribution is 5.79. The second-order valence-corrected chi connectivity index (χ2v) is 6.02. The lowest BCUT2D eigenvalue weighted by Gasteiger charge is -2.34. The van der Waals surface area contributed by atoms with E-state index < -0.39 is 5.54 Å². The summed E-state index contributed by atoms with van der Waals surface area (Å²) < 4.78 is 0. The van der Waals surface area contributed by atoms with E-state index in [0.29, 0.717) is 6.54 Å². The quantitative estimate of drug-likeness (QED) is 0.785. The molecule has 106 valence electrons. The van der Waals surface area contributed by atoms with Crippen molar-refractivity contribution in [2.45, 2.75) is 50.7 Å². The topological polar surface area (TPSA) is 76.4 Å². The molecule has 1 amide bonds. The van der Waals surface area contributed by atoms with E-state index in [1.54, 1.807) is 0 Å². The van der Waals surface area contributed by atoms with Crippen LogP contribution in [0.15, 0.2) is 0 Å². The Balaban J connectivity index is 1.83. The van der Waals surface area contributed by atoms with E-state index in [1.807, 2.05) is 6.92 Å². The number of carbonyl (C=O) groups excluding carboxylic acids is 1. The third-order valence-corrected chi connectivity index (χ3v) is 4.36. The summed E-state index contributed by atoms with van der Waals surface area (Å²) in [5, 5.41) is 21.8. The van der Waals surface area contributed by atoms with Crippen LogP contribution >= 0.6 is 0 Å². The van der Waals surface area contributed by atoms with Crippen LogP contribution in [0.3, 0.4) is 0 Å². The number of hydrogen-bond acceptors (Lipinski definition) is 4. The number of rotatable bonds is 3. The number of hydrogen-bond donors (Lipinski definition) is 2. The summed E-state index contributed by atoms with van der Waals surface area (Å²) in [5.41, 5.74) is -0.627. The van der Waals surface area contributed by atoms with Crippen LogP contribution in [0.4, 0.5) is 0 Å². The van der Waals surface area contributed by atoms with Crippen molar-refractivity contribution < 1.29 is 9.90 Å². The van der Waals surface area contributed by atoms with Crippen LogP contribution in [0, 0.1) is 17.2 Å². The van der Waals surface area contributed by atoms with Crippen molar-refractivity contribution in [3.8, 4) is 6.07 Å². The molecule has 2 aliphatic rings. The van der Waals surface area contributed by atoms with Crippen LogP contribution in [-0.2, 0) is 4.79 Å². The van der Waals surface area contributed by atoms with Gasteiger partial charge in [-0.3, -0.25) is 9.69 Å². The lowest BCUT2D eigenvalue weighted by molar-refractivity contribution is -0.124. The number of nitriles is 1. The van der Waals surface area contributed by atoms with E-state index in [0.717, 1.165) is 45.2 Å². The van der Waals surface area contributed by atoms with Gasteiger partial charge in [-0.05, 0) is 38.0 Å². The van der Waals surface area contributed by atoms with Gasteiger partial charge in [0.1, 0.15) is 5.54 Å².